The standard InChI is InChI=1S/C17H16BrNS/c18-15-6-2-4-8-17(15)20-16-7-3-1-5-14(16)13-9-11-19-12-10-13/h1-9,19H,10-12H2. The van der Waals surface area contributed by atoms with Crippen molar-refractivity contribution >= 4 is 33.3 Å². The summed E-state index contributed by atoms with van der Waals surface area (Å²) in [6.07, 6.45) is 3.41. The zero-order valence-corrected chi connectivity index (χ0v) is 13.5. The van der Waals surface area contributed by atoms with Crippen molar-refractivity contribution in [1.29, 1.82) is 0 Å². The number of rotatable bonds is 3. The normalized spacial score (nSPS) is 14.9. The lowest BCUT2D eigenvalue weighted by molar-refractivity contribution is 0.737. The summed E-state index contributed by atoms with van der Waals surface area (Å²) in [5.41, 5.74) is 2.83. The molecule has 0 amide bonds. The molecule has 2 aromatic rings. The van der Waals surface area contributed by atoms with Gasteiger partial charge in [-0.25, -0.2) is 0 Å². The SMILES string of the molecule is Brc1ccccc1Sc1ccccc1C1=CCNCC1. The van der Waals surface area contributed by atoms with E-state index in [4.69, 9.17) is 0 Å². The van der Waals surface area contributed by atoms with Gasteiger partial charge in [0.2, 0.25) is 0 Å². The van der Waals surface area contributed by atoms with E-state index in [1.54, 1.807) is 0 Å². The summed E-state index contributed by atoms with van der Waals surface area (Å²) in [4.78, 5) is 2.59. The summed E-state index contributed by atoms with van der Waals surface area (Å²) in [6.45, 7) is 2.04. The maximum atomic E-state index is 3.63. The molecule has 1 aliphatic rings. The molecule has 102 valence electrons. The van der Waals surface area contributed by atoms with E-state index in [-0.39, 0.29) is 0 Å². The fraction of sp³-hybridized carbons (Fsp3) is 0.176. The van der Waals surface area contributed by atoms with Crippen LogP contribution in [0.3, 0.4) is 0 Å². The minimum Gasteiger partial charge on any atom is -0.313 e. The van der Waals surface area contributed by atoms with Crippen molar-refractivity contribution < 1.29 is 0 Å². The monoisotopic (exact) mass is 345 g/mol. The largest absolute Gasteiger partial charge is 0.313 e. The Bertz CT molecular complexity index is 636. The van der Waals surface area contributed by atoms with Crippen molar-refractivity contribution in [3.8, 4) is 0 Å². The maximum absolute atomic E-state index is 3.63. The van der Waals surface area contributed by atoms with Crippen LogP contribution >= 0.6 is 27.7 Å². The van der Waals surface area contributed by atoms with E-state index in [1.807, 2.05) is 11.8 Å². The van der Waals surface area contributed by atoms with Gasteiger partial charge >= 0.3 is 0 Å². The van der Waals surface area contributed by atoms with Gasteiger partial charge in [-0.05, 0) is 58.2 Å². The molecule has 20 heavy (non-hydrogen) atoms. The third-order valence-electron chi connectivity index (χ3n) is 3.35. The van der Waals surface area contributed by atoms with Crippen molar-refractivity contribution in [3.63, 3.8) is 0 Å². The number of hydrogen-bond donors (Lipinski definition) is 1. The molecular weight excluding hydrogens is 330 g/mol. The summed E-state index contributed by atoms with van der Waals surface area (Å²) >= 11 is 5.46. The Morgan fingerprint density at radius 3 is 2.45 bits per heavy atom. The molecule has 2 aromatic carbocycles. The van der Waals surface area contributed by atoms with Gasteiger partial charge in [0.25, 0.3) is 0 Å². The average molecular weight is 346 g/mol. The molecule has 1 nitrogen and oxygen atoms in total. The first-order chi connectivity index (χ1) is 9.84. The molecule has 1 aliphatic heterocycles. The molecule has 0 atom stereocenters. The van der Waals surface area contributed by atoms with Crippen molar-refractivity contribution in [2.75, 3.05) is 13.1 Å². The average Bonchev–Trinajstić information content (AvgIpc) is 2.51. The first-order valence-electron chi connectivity index (χ1n) is 6.76. The van der Waals surface area contributed by atoms with Crippen LogP contribution in [0.15, 0.2) is 68.9 Å². The topological polar surface area (TPSA) is 12.0 Å². The highest BCUT2D eigenvalue weighted by molar-refractivity contribution is 9.10. The Hall–Kier alpha value is -1.03. The second kappa shape index (κ2) is 6.61. The molecule has 0 aromatic heterocycles. The molecule has 1 N–H and O–H groups in total. The lowest BCUT2D eigenvalue weighted by Gasteiger charge is -2.17. The fourth-order valence-electron chi connectivity index (χ4n) is 2.33. The summed E-state index contributed by atoms with van der Waals surface area (Å²) < 4.78 is 1.15. The van der Waals surface area contributed by atoms with Gasteiger partial charge in [-0.1, -0.05) is 48.2 Å². The molecule has 0 bridgehead atoms. The van der Waals surface area contributed by atoms with Crippen LogP contribution in [0.4, 0.5) is 0 Å². The van der Waals surface area contributed by atoms with Crippen LogP contribution in [0.5, 0.6) is 0 Å². The van der Waals surface area contributed by atoms with E-state index in [0.717, 1.165) is 24.0 Å². The van der Waals surface area contributed by atoms with Gasteiger partial charge in [-0.15, -0.1) is 0 Å². The second-order valence-electron chi connectivity index (χ2n) is 4.71. The molecule has 0 radical (unpaired) electrons. The van der Waals surface area contributed by atoms with Crippen LogP contribution in [-0.2, 0) is 0 Å². The van der Waals surface area contributed by atoms with E-state index in [9.17, 15) is 0 Å². The van der Waals surface area contributed by atoms with Crippen LogP contribution in [0.25, 0.3) is 5.57 Å². The van der Waals surface area contributed by atoms with Crippen LogP contribution in [0.2, 0.25) is 0 Å². The molecule has 3 rings (SSSR count). The van der Waals surface area contributed by atoms with Gasteiger partial charge < -0.3 is 5.32 Å². The van der Waals surface area contributed by atoms with Crippen molar-refractivity contribution in [2.45, 2.75) is 16.2 Å². The summed E-state index contributed by atoms with van der Waals surface area (Å²) in [5.74, 6) is 0. The minimum atomic E-state index is 0.976. The van der Waals surface area contributed by atoms with Gasteiger partial charge in [0, 0.05) is 20.8 Å². The van der Waals surface area contributed by atoms with Gasteiger partial charge in [0.1, 0.15) is 0 Å². The van der Waals surface area contributed by atoms with E-state index in [2.05, 4.69) is 75.9 Å². The summed E-state index contributed by atoms with van der Waals surface area (Å²) in [5, 5.41) is 3.37. The zero-order chi connectivity index (χ0) is 13.8. The molecular formula is C17H16BrNS. The third kappa shape index (κ3) is 3.17. The first kappa shape index (κ1) is 13.9. The first-order valence-corrected chi connectivity index (χ1v) is 8.37. The summed E-state index contributed by atoms with van der Waals surface area (Å²) in [6, 6.07) is 17.1. The van der Waals surface area contributed by atoms with Crippen LogP contribution in [0.1, 0.15) is 12.0 Å². The molecule has 1 heterocycles. The predicted molar refractivity (Wildman–Crippen MR) is 90.2 cm³/mol. The minimum absolute atomic E-state index is 0.976. The van der Waals surface area contributed by atoms with Crippen molar-refractivity contribution in [3.05, 3.63) is 64.6 Å². The Labute approximate surface area is 132 Å². The highest BCUT2D eigenvalue weighted by Crippen LogP contribution is 2.38. The van der Waals surface area contributed by atoms with Crippen molar-refractivity contribution in [2.24, 2.45) is 0 Å². The lowest BCUT2D eigenvalue weighted by Crippen LogP contribution is -2.20. The van der Waals surface area contributed by atoms with E-state index in [1.165, 1.54) is 20.9 Å². The smallest absolute Gasteiger partial charge is 0.0314 e. The van der Waals surface area contributed by atoms with Gasteiger partial charge in [0.15, 0.2) is 0 Å². The van der Waals surface area contributed by atoms with Gasteiger partial charge in [0.05, 0.1) is 0 Å². The molecule has 0 unspecified atom stereocenters. The van der Waals surface area contributed by atoms with Crippen LogP contribution in [0, 0.1) is 0 Å². The Morgan fingerprint density at radius 1 is 0.950 bits per heavy atom. The molecule has 0 saturated heterocycles. The van der Waals surface area contributed by atoms with Gasteiger partial charge in [-0.3, -0.25) is 0 Å². The number of nitrogens with one attached hydrogen (secondary N) is 1. The van der Waals surface area contributed by atoms with Crippen LogP contribution < -0.4 is 5.32 Å². The highest BCUT2D eigenvalue weighted by Gasteiger charge is 2.11. The molecule has 0 saturated carbocycles. The van der Waals surface area contributed by atoms with Crippen LogP contribution in [-0.4, -0.2) is 13.1 Å². The number of hydrogen-bond acceptors (Lipinski definition) is 2. The van der Waals surface area contributed by atoms with E-state index in [0.29, 0.717) is 0 Å². The highest BCUT2D eigenvalue weighted by atomic mass is 79.9. The molecule has 0 fully saturated rings. The number of benzene rings is 2. The maximum Gasteiger partial charge on any atom is 0.0314 e. The zero-order valence-electron chi connectivity index (χ0n) is 11.1. The van der Waals surface area contributed by atoms with Gasteiger partial charge in [-0.2, -0.15) is 0 Å². The lowest BCUT2D eigenvalue weighted by atomic mass is 10.0. The van der Waals surface area contributed by atoms with E-state index >= 15 is 0 Å². The summed E-state index contributed by atoms with van der Waals surface area (Å²) in [7, 11) is 0. The quantitative estimate of drug-likeness (QED) is 0.841. The third-order valence-corrected chi connectivity index (χ3v) is 5.46. The Balaban J connectivity index is 1.94. The Morgan fingerprint density at radius 2 is 1.70 bits per heavy atom. The molecule has 0 spiro atoms. The molecule has 0 aliphatic carbocycles. The fourth-order valence-corrected chi connectivity index (χ4v) is 3.87. The van der Waals surface area contributed by atoms with E-state index < -0.39 is 0 Å². The second-order valence-corrected chi connectivity index (χ2v) is 6.65. The van der Waals surface area contributed by atoms with Crippen molar-refractivity contribution in [1.82, 2.24) is 5.32 Å². The Kier molecular flexibility index (Phi) is 4.61. The predicted octanol–water partition coefficient (Wildman–Crippen LogP) is 4.98. The number of halogens is 1. The molecule has 3 heteroatoms.